The molecule has 0 saturated carbocycles. The lowest BCUT2D eigenvalue weighted by atomic mass is 10.1. The summed E-state index contributed by atoms with van der Waals surface area (Å²) in [7, 11) is -3.46. The van der Waals surface area contributed by atoms with E-state index >= 15 is 0 Å². The number of nitrogens with one attached hydrogen (secondary N) is 1. The third kappa shape index (κ3) is 3.80. The number of sulfonamides is 1. The summed E-state index contributed by atoms with van der Waals surface area (Å²) in [6.45, 7) is 7.63. The summed E-state index contributed by atoms with van der Waals surface area (Å²) in [6, 6.07) is 5.15. The summed E-state index contributed by atoms with van der Waals surface area (Å²) < 4.78 is 26.9. The fourth-order valence-corrected chi connectivity index (χ4v) is 3.24. The zero-order chi connectivity index (χ0) is 13.3. The van der Waals surface area contributed by atoms with Crippen LogP contribution >= 0.6 is 0 Å². The van der Waals surface area contributed by atoms with E-state index in [4.69, 9.17) is 5.73 Å². The molecule has 0 amide bonds. The van der Waals surface area contributed by atoms with Crippen molar-refractivity contribution in [3.8, 4) is 0 Å². The highest BCUT2D eigenvalue weighted by atomic mass is 32.2. The summed E-state index contributed by atoms with van der Waals surface area (Å²) in [5.74, 6) is 0. The Hall–Kier alpha value is -0.910. The van der Waals surface area contributed by atoms with Crippen molar-refractivity contribution in [2.75, 3.05) is 0 Å². The number of benzene rings is 1. The number of aryl methyl sites for hydroxylation is 1. The first-order valence-corrected chi connectivity index (χ1v) is 6.97. The van der Waals surface area contributed by atoms with Gasteiger partial charge in [0.1, 0.15) is 0 Å². The summed E-state index contributed by atoms with van der Waals surface area (Å²) in [4.78, 5) is 0.310. The summed E-state index contributed by atoms with van der Waals surface area (Å²) in [5, 5.41) is 0. The van der Waals surface area contributed by atoms with Gasteiger partial charge in [0.25, 0.3) is 0 Å². The highest BCUT2D eigenvalue weighted by Gasteiger charge is 2.23. The van der Waals surface area contributed by atoms with Crippen molar-refractivity contribution in [1.29, 1.82) is 0 Å². The van der Waals surface area contributed by atoms with Gasteiger partial charge in [0.05, 0.1) is 4.90 Å². The summed E-state index contributed by atoms with van der Waals surface area (Å²) >= 11 is 0. The van der Waals surface area contributed by atoms with E-state index in [-0.39, 0.29) is 0 Å². The molecule has 3 N–H and O–H groups in total. The van der Waals surface area contributed by atoms with E-state index in [9.17, 15) is 8.42 Å². The molecule has 96 valence electrons. The van der Waals surface area contributed by atoms with E-state index in [1.165, 1.54) is 0 Å². The van der Waals surface area contributed by atoms with Gasteiger partial charge in [-0.3, -0.25) is 0 Å². The monoisotopic (exact) mass is 256 g/mol. The Balaban J connectivity index is 3.16. The van der Waals surface area contributed by atoms with Gasteiger partial charge in [-0.1, -0.05) is 12.1 Å². The van der Waals surface area contributed by atoms with Crippen LogP contribution in [0.2, 0.25) is 0 Å². The van der Waals surface area contributed by atoms with Crippen LogP contribution in [0.25, 0.3) is 0 Å². The molecule has 0 radical (unpaired) electrons. The van der Waals surface area contributed by atoms with Crippen molar-refractivity contribution in [3.05, 3.63) is 29.3 Å². The van der Waals surface area contributed by atoms with Gasteiger partial charge in [-0.15, -0.1) is 0 Å². The summed E-state index contributed by atoms with van der Waals surface area (Å²) in [6.07, 6.45) is 0. The van der Waals surface area contributed by atoms with Gasteiger partial charge in [0.2, 0.25) is 10.0 Å². The average Bonchev–Trinajstić information content (AvgIpc) is 2.13. The Bertz CT molecular complexity index is 502. The SMILES string of the molecule is Cc1cc(CN)ccc1S(=O)(=O)NC(C)(C)C. The number of rotatable bonds is 3. The van der Waals surface area contributed by atoms with Gasteiger partial charge in [0.15, 0.2) is 0 Å². The topological polar surface area (TPSA) is 72.2 Å². The van der Waals surface area contributed by atoms with Gasteiger partial charge in [-0.2, -0.15) is 0 Å². The number of nitrogens with two attached hydrogens (primary N) is 1. The molecule has 17 heavy (non-hydrogen) atoms. The van der Waals surface area contributed by atoms with E-state index in [0.29, 0.717) is 17.0 Å². The first-order valence-electron chi connectivity index (χ1n) is 5.49. The lowest BCUT2D eigenvalue weighted by Gasteiger charge is -2.21. The predicted octanol–water partition coefficient (Wildman–Crippen LogP) is 1.53. The second kappa shape index (κ2) is 4.76. The van der Waals surface area contributed by atoms with Crippen molar-refractivity contribution in [2.45, 2.75) is 44.7 Å². The molecule has 4 nitrogen and oxygen atoms in total. The maximum atomic E-state index is 12.1. The summed E-state index contributed by atoms with van der Waals surface area (Å²) in [5.41, 5.74) is 6.67. The van der Waals surface area contributed by atoms with E-state index in [0.717, 1.165) is 5.56 Å². The Morgan fingerprint density at radius 3 is 2.29 bits per heavy atom. The van der Waals surface area contributed by atoms with Gasteiger partial charge in [-0.25, -0.2) is 13.1 Å². The highest BCUT2D eigenvalue weighted by molar-refractivity contribution is 7.89. The zero-order valence-electron chi connectivity index (χ0n) is 10.7. The van der Waals surface area contributed by atoms with Gasteiger partial charge in [0, 0.05) is 12.1 Å². The Morgan fingerprint density at radius 1 is 1.29 bits per heavy atom. The predicted molar refractivity (Wildman–Crippen MR) is 69.1 cm³/mol. The van der Waals surface area contributed by atoms with Crippen molar-refractivity contribution < 1.29 is 8.42 Å². The molecule has 0 spiro atoms. The van der Waals surface area contributed by atoms with Crippen LogP contribution in [0.5, 0.6) is 0 Å². The number of hydrogen-bond donors (Lipinski definition) is 2. The first-order chi connectivity index (χ1) is 7.65. The van der Waals surface area contributed by atoms with Crippen LogP contribution in [-0.2, 0) is 16.6 Å². The molecule has 0 heterocycles. The quantitative estimate of drug-likeness (QED) is 0.861. The van der Waals surface area contributed by atoms with Crippen molar-refractivity contribution in [2.24, 2.45) is 5.73 Å². The Labute approximate surface area is 103 Å². The maximum Gasteiger partial charge on any atom is 0.241 e. The molecule has 0 bridgehead atoms. The highest BCUT2D eigenvalue weighted by Crippen LogP contribution is 2.18. The fourth-order valence-electron chi connectivity index (χ4n) is 1.60. The second-order valence-electron chi connectivity index (χ2n) is 5.16. The minimum absolute atomic E-state index is 0.310. The molecule has 1 aromatic rings. The molecule has 0 unspecified atom stereocenters. The van der Waals surface area contributed by atoms with Crippen LogP contribution in [0.15, 0.2) is 23.1 Å². The molecule has 0 aliphatic heterocycles. The Morgan fingerprint density at radius 2 is 1.88 bits per heavy atom. The molecular formula is C12H20N2O2S. The Kier molecular flexibility index (Phi) is 3.96. The molecular weight excluding hydrogens is 236 g/mol. The standard InChI is InChI=1S/C12H20N2O2S/c1-9-7-10(8-13)5-6-11(9)17(15,16)14-12(2,3)4/h5-7,14H,8,13H2,1-4H3. The second-order valence-corrected chi connectivity index (χ2v) is 6.81. The molecule has 1 aromatic carbocycles. The average molecular weight is 256 g/mol. The molecule has 0 atom stereocenters. The van der Waals surface area contributed by atoms with Crippen LogP contribution in [0.1, 0.15) is 31.9 Å². The van der Waals surface area contributed by atoms with Crippen molar-refractivity contribution in [1.82, 2.24) is 4.72 Å². The molecule has 5 heteroatoms. The first kappa shape index (κ1) is 14.2. The molecule has 1 rings (SSSR count). The van der Waals surface area contributed by atoms with E-state index in [2.05, 4.69) is 4.72 Å². The minimum atomic E-state index is -3.46. The largest absolute Gasteiger partial charge is 0.326 e. The van der Waals surface area contributed by atoms with Gasteiger partial charge in [-0.05, 0) is 44.9 Å². The van der Waals surface area contributed by atoms with Crippen LogP contribution < -0.4 is 10.5 Å². The smallest absolute Gasteiger partial charge is 0.241 e. The van der Waals surface area contributed by atoms with E-state index < -0.39 is 15.6 Å². The molecule has 0 fully saturated rings. The van der Waals surface area contributed by atoms with Gasteiger partial charge >= 0.3 is 0 Å². The van der Waals surface area contributed by atoms with Crippen molar-refractivity contribution in [3.63, 3.8) is 0 Å². The van der Waals surface area contributed by atoms with Crippen LogP contribution in [-0.4, -0.2) is 14.0 Å². The lowest BCUT2D eigenvalue weighted by molar-refractivity contribution is 0.491. The van der Waals surface area contributed by atoms with E-state index in [1.807, 2.05) is 20.8 Å². The minimum Gasteiger partial charge on any atom is -0.326 e. The van der Waals surface area contributed by atoms with Crippen LogP contribution in [0.4, 0.5) is 0 Å². The molecule has 0 aromatic heterocycles. The number of hydrogen-bond acceptors (Lipinski definition) is 3. The molecule has 0 aliphatic rings. The third-order valence-corrected chi connectivity index (χ3v) is 4.12. The zero-order valence-corrected chi connectivity index (χ0v) is 11.6. The lowest BCUT2D eigenvalue weighted by Crippen LogP contribution is -2.40. The molecule has 0 saturated heterocycles. The molecule has 0 aliphatic carbocycles. The van der Waals surface area contributed by atoms with E-state index in [1.54, 1.807) is 25.1 Å². The maximum absolute atomic E-state index is 12.1. The van der Waals surface area contributed by atoms with Crippen molar-refractivity contribution >= 4 is 10.0 Å². The van der Waals surface area contributed by atoms with Crippen LogP contribution in [0, 0.1) is 6.92 Å². The van der Waals surface area contributed by atoms with Gasteiger partial charge < -0.3 is 5.73 Å². The van der Waals surface area contributed by atoms with Crippen LogP contribution in [0.3, 0.4) is 0 Å². The normalized spacial score (nSPS) is 12.8. The third-order valence-electron chi connectivity index (χ3n) is 2.21. The fraction of sp³-hybridized carbons (Fsp3) is 0.500.